The largest absolute Gasteiger partial charge is 0.457 e. The molecule has 2 aliphatic heterocycles. The number of piperidine rings is 1. The summed E-state index contributed by atoms with van der Waals surface area (Å²) >= 11 is 0. The highest BCUT2D eigenvalue weighted by molar-refractivity contribution is 5.96. The number of aryl methyl sites for hydroxylation is 1. The second-order valence-corrected chi connectivity index (χ2v) is 9.47. The van der Waals surface area contributed by atoms with Gasteiger partial charge in [0.1, 0.15) is 17.3 Å². The number of aromatic nitrogens is 2. The molecule has 5 rings (SSSR count). The van der Waals surface area contributed by atoms with Crippen LogP contribution in [0.2, 0.25) is 0 Å². The minimum Gasteiger partial charge on any atom is -0.457 e. The van der Waals surface area contributed by atoms with Crippen LogP contribution in [-0.2, 0) is 22.7 Å². The molecule has 188 valence electrons. The summed E-state index contributed by atoms with van der Waals surface area (Å²) < 4.78 is 12.5. The smallest absolute Gasteiger partial charge is 0.254 e. The molecule has 0 spiro atoms. The molecular weight excluding hydrogens is 458 g/mol. The molecule has 36 heavy (non-hydrogen) atoms. The van der Waals surface area contributed by atoms with E-state index in [1.54, 1.807) is 31.6 Å². The standard InChI is InChI=1S/C27H31N5O4/c1-18-6-7-20-13-24(18)36-21-5-3-4-19(12-21)17-35-23-8-11-32(15-25-28-9-10-29-25)14-22(23)30-26(33)16-31(2)27(20)34/h3-7,9-10,12-13,22-23H,8,11,14-17H2,1-2H3,(H,28,29)(H,30,33)/t22-,23+/m0/s1. The van der Waals surface area contributed by atoms with Crippen LogP contribution in [-0.4, -0.2) is 70.4 Å². The van der Waals surface area contributed by atoms with Gasteiger partial charge in [0.15, 0.2) is 0 Å². The summed E-state index contributed by atoms with van der Waals surface area (Å²) in [4.78, 5) is 37.2. The summed E-state index contributed by atoms with van der Waals surface area (Å²) in [6.45, 7) is 4.41. The molecule has 0 saturated carbocycles. The molecule has 2 aromatic carbocycles. The van der Waals surface area contributed by atoms with Gasteiger partial charge in [0, 0.05) is 38.1 Å². The maximum absolute atomic E-state index is 13.1. The lowest BCUT2D eigenvalue weighted by Crippen LogP contribution is -2.57. The first-order valence-electron chi connectivity index (χ1n) is 12.2. The fourth-order valence-electron chi connectivity index (χ4n) is 4.71. The number of H-pyrrole nitrogens is 1. The van der Waals surface area contributed by atoms with E-state index in [0.717, 1.165) is 29.9 Å². The monoisotopic (exact) mass is 489 g/mol. The molecule has 3 aromatic rings. The molecule has 2 amide bonds. The number of imidazole rings is 1. The summed E-state index contributed by atoms with van der Waals surface area (Å²) in [5, 5.41) is 3.13. The van der Waals surface area contributed by atoms with Gasteiger partial charge in [-0.05, 0) is 48.7 Å². The number of amides is 2. The Morgan fingerprint density at radius 3 is 2.89 bits per heavy atom. The van der Waals surface area contributed by atoms with Gasteiger partial charge in [0.2, 0.25) is 5.91 Å². The van der Waals surface area contributed by atoms with Crippen molar-refractivity contribution in [3.8, 4) is 11.5 Å². The van der Waals surface area contributed by atoms with Gasteiger partial charge in [-0.15, -0.1) is 0 Å². The highest BCUT2D eigenvalue weighted by Gasteiger charge is 2.32. The summed E-state index contributed by atoms with van der Waals surface area (Å²) in [7, 11) is 1.63. The van der Waals surface area contributed by atoms with Gasteiger partial charge in [0.25, 0.3) is 5.91 Å². The van der Waals surface area contributed by atoms with Gasteiger partial charge >= 0.3 is 0 Å². The van der Waals surface area contributed by atoms with Crippen LogP contribution in [0.4, 0.5) is 0 Å². The number of hydrogen-bond acceptors (Lipinski definition) is 6. The maximum atomic E-state index is 13.1. The molecule has 9 nitrogen and oxygen atoms in total. The average Bonchev–Trinajstić information content (AvgIpc) is 3.37. The van der Waals surface area contributed by atoms with Crippen molar-refractivity contribution in [2.24, 2.45) is 0 Å². The predicted molar refractivity (Wildman–Crippen MR) is 134 cm³/mol. The van der Waals surface area contributed by atoms with Crippen LogP contribution >= 0.6 is 0 Å². The molecule has 1 aromatic heterocycles. The van der Waals surface area contributed by atoms with Crippen LogP contribution in [0.5, 0.6) is 11.5 Å². The van der Waals surface area contributed by atoms with Crippen molar-refractivity contribution in [3.05, 3.63) is 77.4 Å². The maximum Gasteiger partial charge on any atom is 0.254 e. The Hall–Kier alpha value is -3.69. The summed E-state index contributed by atoms with van der Waals surface area (Å²) in [5.41, 5.74) is 2.36. The van der Waals surface area contributed by atoms with Crippen LogP contribution in [0.3, 0.4) is 0 Å². The third-order valence-electron chi connectivity index (χ3n) is 6.66. The van der Waals surface area contributed by atoms with Gasteiger partial charge in [-0.3, -0.25) is 14.5 Å². The van der Waals surface area contributed by atoms with E-state index < -0.39 is 0 Å². The first kappa shape index (κ1) is 24.0. The lowest BCUT2D eigenvalue weighted by atomic mass is 10.0. The van der Waals surface area contributed by atoms with Gasteiger partial charge in [-0.1, -0.05) is 18.2 Å². The van der Waals surface area contributed by atoms with Crippen molar-refractivity contribution in [1.82, 2.24) is 25.1 Å². The van der Waals surface area contributed by atoms with Crippen molar-refractivity contribution >= 4 is 11.8 Å². The third kappa shape index (κ3) is 5.58. The van der Waals surface area contributed by atoms with E-state index in [-0.39, 0.29) is 30.5 Å². The average molecular weight is 490 g/mol. The Balaban J connectivity index is 1.40. The van der Waals surface area contributed by atoms with E-state index in [4.69, 9.17) is 9.47 Å². The van der Waals surface area contributed by atoms with E-state index in [1.807, 2.05) is 37.3 Å². The van der Waals surface area contributed by atoms with Crippen molar-refractivity contribution in [2.45, 2.75) is 38.6 Å². The van der Waals surface area contributed by atoms with E-state index in [0.29, 0.717) is 36.8 Å². The zero-order valence-corrected chi connectivity index (χ0v) is 20.6. The summed E-state index contributed by atoms with van der Waals surface area (Å²) in [5.74, 6) is 1.71. The highest BCUT2D eigenvalue weighted by atomic mass is 16.5. The van der Waals surface area contributed by atoms with Crippen molar-refractivity contribution < 1.29 is 19.1 Å². The van der Waals surface area contributed by atoms with E-state index >= 15 is 0 Å². The topological polar surface area (TPSA) is 99.8 Å². The van der Waals surface area contributed by atoms with Gasteiger partial charge in [-0.25, -0.2) is 4.98 Å². The molecule has 3 heterocycles. The number of nitrogens with zero attached hydrogens (tertiary/aromatic N) is 3. The first-order valence-corrected chi connectivity index (χ1v) is 12.2. The van der Waals surface area contributed by atoms with E-state index in [9.17, 15) is 9.59 Å². The number of nitrogens with one attached hydrogen (secondary N) is 2. The zero-order valence-electron chi connectivity index (χ0n) is 20.6. The number of carbonyl (C=O) groups is 2. The zero-order chi connectivity index (χ0) is 25.1. The number of aromatic amines is 1. The molecule has 9 heteroatoms. The Labute approximate surface area is 210 Å². The third-order valence-corrected chi connectivity index (χ3v) is 6.66. The minimum absolute atomic E-state index is 0.0522. The number of ether oxygens (including phenoxy) is 2. The fourth-order valence-corrected chi connectivity index (χ4v) is 4.71. The second kappa shape index (κ2) is 10.5. The fraction of sp³-hybridized carbons (Fsp3) is 0.370. The van der Waals surface area contributed by atoms with Crippen molar-refractivity contribution in [3.63, 3.8) is 0 Å². The number of benzene rings is 2. The van der Waals surface area contributed by atoms with E-state index in [2.05, 4.69) is 20.2 Å². The van der Waals surface area contributed by atoms with Crippen LogP contribution in [0.15, 0.2) is 54.9 Å². The lowest BCUT2D eigenvalue weighted by Gasteiger charge is -2.38. The Morgan fingerprint density at radius 2 is 2.06 bits per heavy atom. The minimum atomic E-state index is -0.244. The molecule has 4 bridgehead atoms. The molecule has 1 saturated heterocycles. The van der Waals surface area contributed by atoms with Gasteiger partial charge in [0.05, 0.1) is 31.8 Å². The molecule has 0 unspecified atom stereocenters. The molecule has 0 aliphatic carbocycles. The Kier molecular flexibility index (Phi) is 7.02. The molecule has 2 atom stereocenters. The van der Waals surface area contributed by atoms with E-state index in [1.165, 1.54) is 4.90 Å². The van der Waals surface area contributed by atoms with Gasteiger partial charge in [-0.2, -0.15) is 0 Å². The number of likely N-dealkylation sites (tertiary alicyclic amines) is 1. The first-order chi connectivity index (χ1) is 17.4. The SMILES string of the molecule is Cc1ccc2cc1Oc1cccc(c1)CO[C@@H]1CCN(Cc3ncc[nH]3)C[C@@H]1NC(=O)CN(C)C2=O. The normalized spacial score (nSPS) is 21.4. The predicted octanol–water partition coefficient (Wildman–Crippen LogP) is 2.87. The Morgan fingerprint density at radius 1 is 1.17 bits per heavy atom. The molecule has 2 N–H and O–H groups in total. The summed E-state index contributed by atoms with van der Waals surface area (Å²) in [6.07, 6.45) is 4.15. The molecular formula is C27H31N5O4. The number of fused-ring (bicyclic) bond motifs is 5. The summed E-state index contributed by atoms with van der Waals surface area (Å²) in [6, 6.07) is 12.9. The Bertz CT molecular complexity index is 1230. The molecule has 0 radical (unpaired) electrons. The van der Waals surface area contributed by atoms with Crippen molar-refractivity contribution in [1.29, 1.82) is 0 Å². The van der Waals surface area contributed by atoms with Crippen LogP contribution in [0.1, 0.15) is 33.7 Å². The molecule has 1 fully saturated rings. The lowest BCUT2D eigenvalue weighted by molar-refractivity contribution is -0.125. The van der Waals surface area contributed by atoms with Gasteiger partial charge < -0.3 is 24.7 Å². The number of likely N-dealkylation sites (N-methyl/N-ethyl adjacent to an activating group) is 1. The number of hydrogen-bond donors (Lipinski definition) is 2. The number of rotatable bonds is 2. The number of carbonyl (C=O) groups excluding carboxylic acids is 2. The molecule has 2 aliphatic rings. The van der Waals surface area contributed by atoms with Crippen molar-refractivity contribution in [2.75, 3.05) is 26.7 Å². The van der Waals surface area contributed by atoms with Crippen LogP contribution < -0.4 is 10.1 Å². The highest BCUT2D eigenvalue weighted by Crippen LogP contribution is 2.28. The van der Waals surface area contributed by atoms with Crippen LogP contribution in [0.25, 0.3) is 0 Å². The quantitative estimate of drug-likeness (QED) is 0.574. The van der Waals surface area contributed by atoms with Crippen LogP contribution in [0, 0.1) is 6.92 Å². The second-order valence-electron chi connectivity index (χ2n) is 9.47.